The summed E-state index contributed by atoms with van der Waals surface area (Å²) in [6.07, 6.45) is 1.93. The van der Waals surface area contributed by atoms with Crippen molar-refractivity contribution < 1.29 is 9.18 Å². The average molecular weight is 539 g/mol. The number of carbonyl (C=O) groups excluding carboxylic acids is 1. The van der Waals surface area contributed by atoms with Gasteiger partial charge >= 0.3 is 0 Å². The molecule has 0 saturated carbocycles. The van der Waals surface area contributed by atoms with Crippen LogP contribution in [0.5, 0.6) is 0 Å². The van der Waals surface area contributed by atoms with Crippen LogP contribution in [-0.4, -0.2) is 25.7 Å². The first-order chi connectivity index (χ1) is 18.9. The molecule has 3 aromatic carbocycles. The number of aromatic amines is 1. The van der Waals surface area contributed by atoms with Gasteiger partial charge < -0.3 is 15.6 Å². The molecule has 7 nitrogen and oxygen atoms in total. The zero-order valence-electron chi connectivity index (χ0n) is 21.7. The first-order valence-corrected chi connectivity index (χ1v) is 13.6. The lowest BCUT2D eigenvalue weighted by Gasteiger charge is -2.28. The van der Waals surface area contributed by atoms with Crippen molar-refractivity contribution in [1.29, 1.82) is 0 Å². The number of hydrogen-bond donors (Lipinski definition) is 3. The number of aromatic nitrogens is 4. The fourth-order valence-corrected chi connectivity index (χ4v) is 5.74. The Morgan fingerprint density at radius 3 is 2.69 bits per heavy atom. The van der Waals surface area contributed by atoms with Gasteiger partial charge in [-0.2, -0.15) is 4.98 Å². The summed E-state index contributed by atoms with van der Waals surface area (Å²) in [6.45, 7) is 5.90. The molecular weight excluding hydrogens is 511 g/mol. The molecule has 1 atom stereocenters. The second-order valence-electron chi connectivity index (χ2n) is 9.60. The Kier molecular flexibility index (Phi) is 6.44. The number of para-hydroxylation sites is 1. The molecule has 2 aromatic heterocycles. The number of carbonyl (C=O) groups is 1. The summed E-state index contributed by atoms with van der Waals surface area (Å²) >= 11 is 1.35. The molecule has 1 unspecified atom stereocenters. The summed E-state index contributed by atoms with van der Waals surface area (Å²) in [4.78, 5) is 21.9. The van der Waals surface area contributed by atoms with Crippen molar-refractivity contribution in [1.82, 2.24) is 19.7 Å². The lowest BCUT2D eigenvalue weighted by Crippen LogP contribution is -2.31. The van der Waals surface area contributed by atoms with Crippen molar-refractivity contribution in [3.8, 4) is 0 Å². The van der Waals surface area contributed by atoms with E-state index < -0.39 is 6.04 Å². The summed E-state index contributed by atoms with van der Waals surface area (Å²) in [5, 5.41) is 12.7. The van der Waals surface area contributed by atoms with Crippen molar-refractivity contribution in [3.63, 3.8) is 0 Å². The predicted octanol–water partition coefficient (Wildman–Crippen LogP) is 6.74. The quantitative estimate of drug-likeness (QED) is 0.209. The second-order valence-corrected chi connectivity index (χ2v) is 10.5. The molecule has 0 saturated heterocycles. The molecule has 0 aliphatic carbocycles. The summed E-state index contributed by atoms with van der Waals surface area (Å²) in [6, 6.07) is 20.0. The Bertz CT molecular complexity index is 1750. The number of rotatable bonds is 6. The van der Waals surface area contributed by atoms with Crippen molar-refractivity contribution >= 4 is 40.2 Å². The molecule has 196 valence electrons. The Morgan fingerprint density at radius 1 is 1.05 bits per heavy atom. The van der Waals surface area contributed by atoms with Crippen molar-refractivity contribution in [2.75, 3.05) is 10.6 Å². The minimum atomic E-state index is -0.530. The Morgan fingerprint density at radius 2 is 1.85 bits per heavy atom. The third-order valence-corrected chi connectivity index (χ3v) is 8.05. The molecule has 0 bridgehead atoms. The largest absolute Gasteiger partial charge is 0.361 e. The summed E-state index contributed by atoms with van der Waals surface area (Å²) in [7, 11) is 0. The number of benzene rings is 3. The molecule has 1 aliphatic rings. The van der Waals surface area contributed by atoms with Gasteiger partial charge in [-0.3, -0.25) is 4.79 Å². The first-order valence-electron chi connectivity index (χ1n) is 12.6. The number of allylic oxidation sites excluding steroid dienone is 1. The summed E-state index contributed by atoms with van der Waals surface area (Å²) in [5.74, 6) is 0.444. The zero-order chi connectivity index (χ0) is 27.1. The molecule has 5 aromatic rings. The minimum absolute atomic E-state index is 0.217. The molecule has 0 fully saturated rings. The van der Waals surface area contributed by atoms with E-state index >= 15 is 0 Å². The van der Waals surface area contributed by atoms with E-state index in [-0.39, 0.29) is 11.7 Å². The number of anilines is 2. The van der Waals surface area contributed by atoms with Crippen LogP contribution < -0.4 is 10.6 Å². The van der Waals surface area contributed by atoms with Crippen LogP contribution in [0.3, 0.4) is 0 Å². The zero-order valence-corrected chi connectivity index (χ0v) is 22.6. The van der Waals surface area contributed by atoms with Gasteiger partial charge in [0.05, 0.1) is 5.57 Å². The van der Waals surface area contributed by atoms with E-state index in [9.17, 15) is 9.18 Å². The monoisotopic (exact) mass is 538 g/mol. The van der Waals surface area contributed by atoms with Crippen LogP contribution in [0.2, 0.25) is 0 Å². The number of nitrogens with one attached hydrogen (secondary N) is 3. The van der Waals surface area contributed by atoms with E-state index in [0.717, 1.165) is 33.3 Å². The van der Waals surface area contributed by atoms with Gasteiger partial charge in [0.25, 0.3) is 5.91 Å². The standard InChI is InChI=1S/C30H27FN6OS/c1-17-9-8-14-24(18(17)2)34-28(38)26-19(3)33-29-35-30(39-16-20-10-4-6-12-23(20)31)36-37(29)27(26)22-15-32-25-13-7-5-11-21(22)25/h4-15,27,32H,16H2,1-3H3,(H,34,38)(H,33,35,36). The molecular formula is C30H27FN6OS. The number of amides is 1. The van der Waals surface area contributed by atoms with E-state index in [1.165, 1.54) is 17.8 Å². The number of fused-ring (bicyclic) bond motifs is 2. The molecule has 0 spiro atoms. The summed E-state index contributed by atoms with van der Waals surface area (Å²) in [5.41, 5.74) is 6.58. The van der Waals surface area contributed by atoms with Crippen LogP contribution in [0.4, 0.5) is 16.0 Å². The maximum atomic E-state index is 14.2. The fourth-order valence-electron chi connectivity index (χ4n) is 4.93. The lowest BCUT2D eigenvalue weighted by molar-refractivity contribution is -0.113. The van der Waals surface area contributed by atoms with Crippen molar-refractivity contribution in [2.45, 2.75) is 37.7 Å². The molecule has 9 heteroatoms. The number of thioether (sulfide) groups is 1. The fraction of sp³-hybridized carbons (Fsp3) is 0.167. The van der Waals surface area contributed by atoms with Gasteiger partial charge in [-0.15, -0.1) is 5.10 Å². The third kappa shape index (κ3) is 4.59. The van der Waals surface area contributed by atoms with Crippen LogP contribution >= 0.6 is 11.8 Å². The Labute approximate surface area is 229 Å². The highest BCUT2D eigenvalue weighted by molar-refractivity contribution is 7.98. The maximum absolute atomic E-state index is 14.2. The number of H-pyrrole nitrogens is 1. The smallest absolute Gasteiger partial charge is 0.255 e. The van der Waals surface area contributed by atoms with E-state index in [2.05, 4.69) is 15.6 Å². The number of nitrogens with zero attached hydrogens (tertiary/aromatic N) is 3. The second kappa shape index (κ2) is 10.1. The number of aryl methyl sites for hydroxylation is 1. The van der Waals surface area contributed by atoms with Crippen molar-refractivity contribution in [2.24, 2.45) is 0 Å². The van der Waals surface area contributed by atoms with Gasteiger partial charge in [-0.05, 0) is 55.7 Å². The van der Waals surface area contributed by atoms with Crippen LogP contribution in [0.1, 0.15) is 35.2 Å². The third-order valence-electron chi connectivity index (χ3n) is 7.16. The highest BCUT2D eigenvalue weighted by Gasteiger charge is 2.36. The van der Waals surface area contributed by atoms with E-state index in [0.29, 0.717) is 33.7 Å². The van der Waals surface area contributed by atoms with E-state index in [4.69, 9.17) is 10.1 Å². The van der Waals surface area contributed by atoms with E-state index in [1.54, 1.807) is 16.8 Å². The SMILES string of the molecule is CC1=C(C(=O)Nc2cccc(C)c2C)C(c2c[nH]c3ccccc23)n2nc(SCc3ccccc3F)nc2N1. The van der Waals surface area contributed by atoms with Gasteiger partial charge in [-0.25, -0.2) is 9.07 Å². The van der Waals surface area contributed by atoms with E-state index in [1.807, 2.05) is 75.5 Å². The number of hydrogen-bond acceptors (Lipinski definition) is 5. The van der Waals surface area contributed by atoms with Crippen molar-refractivity contribution in [3.05, 3.63) is 112 Å². The molecule has 3 heterocycles. The molecule has 3 N–H and O–H groups in total. The minimum Gasteiger partial charge on any atom is -0.361 e. The Balaban J connectivity index is 1.41. The van der Waals surface area contributed by atoms with Crippen LogP contribution in [0, 0.1) is 19.7 Å². The van der Waals surface area contributed by atoms with Crippen LogP contribution in [0.25, 0.3) is 10.9 Å². The van der Waals surface area contributed by atoms with Gasteiger partial charge in [0.1, 0.15) is 11.9 Å². The van der Waals surface area contributed by atoms with Crippen LogP contribution in [0.15, 0.2) is 89.4 Å². The predicted molar refractivity (Wildman–Crippen MR) is 153 cm³/mol. The molecule has 0 radical (unpaired) electrons. The lowest BCUT2D eigenvalue weighted by atomic mass is 9.94. The van der Waals surface area contributed by atoms with Gasteiger partial charge in [-0.1, -0.05) is 60.3 Å². The molecule has 6 rings (SSSR count). The first kappa shape index (κ1) is 24.9. The highest BCUT2D eigenvalue weighted by atomic mass is 32.2. The Hall–Kier alpha value is -4.37. The highest BCUT2D eigenvalue weighted by Crippen LogP contribution is 2.40. The van der Waals surface area contributed by atoms with Gasteiger partial charge in [0, 0.05) is 39.8 Å². The topological polar surface area (TPSA) is 87.6 Å². The van der Waals surface area contributed by atoms with Crippen LogP contribution in [-0.2, 0) is 10.5 Å². The van der Waals surface area contributed by atoms with Gasteiger partial charge in [0.15, 0.2) is 0 Å². The average Bonchev–Trinajstić information content (AvgIpc) is 3.54. The van der Waals surface area contributed by atoms with Gasteiger partial charge in [0.2, 0.25) is 11.1 Å². The normalized spacial score (nSPS) is 14.8. The molecule has 1 aliphatic heterocycles. The molecule has 1 amide bonds. The number of halogens is 1. The maximum Gasteiger partial charge on any atom is 0.255 e. The summed E-state index contributed by atoms with van der Waals surface area (Å²) < 4.78 is 16.0. The molecule has 39 heavy (non-hydrogen) atoms.